The Balaban J connectivity index is 2.01. The Labute approximate surface area is 105 Å². The monoisotopic (exact) mass is 257 g/mol. The van der Waals surface area contributed by atoms with Crippen LogP contribution in [0.3, 0.4) is 0 Å². The van der Waals surface area contributed by atoms with Crippen LogP contribution in [0.25, 0.3) is 0 Å². The molecule has 0 bridgehead atoms. The zero-order valence-corrected chi connectivity index (χ0v) is 10.3. The van der Waals surface area contributed by atoms with Crippen molar-refractivity contribution in [2.75, 3.05) is 26.9 Å². The van der Waals surface area contributed by atoms with Gasteiger partial charge in [0.1, 0.15) is 5.75 Å². The van der Waals surface area contributed by atoms with Gasteiger partial charge in [-0.2, -0.15) is 0 Å². The Morgan fingerprint density at radius 3 is 2.72 bits per heavy atom. The number of alkyl halides is 2. The Kier molecular flexibility index (Phi) is 4.49. The quantitative estimate of drug-likeness (QED) is 0.825. The largest absolute Gasteiger partial charge is 0.497 e. The molecule has 1 aliphatic rings. The van der Waals surface area contributed by atoms with E-state index in [2.05, 4.69) is 0 Å². The van der Waals surface area contributed by atoms with Crippen LogP contribution in [0.4, 0.5) is 8.78 Å². The second-order valence-electron chi connectivity index (χ2n) is 4.30. The lowest BCUT2D eigenvalue weighted by atomic mass is 10.1. The third kappa shape index (κ3) is 3.17. The highest BCUT2D eigenvalue weighted by Gasteiger charge is 2.30. The number of hydrogen-bond acceptors (Lipinski definition) is 3. The van der Waals surface area contributed by atoms with Crippen LogP contribution in [-0.2, 0) is 11.3 Å². The molecule has 0 radical (unpaired) electrons. The van der Waals surface area contributed by atoms with Gasteiger partial charge in [-0.1, -0.05) is 12.1 Å². The standard InChI is InChI=1S/C13H17F2NO2/c1-17-11-4-2-10(3-5-11)8-16-6-7-18-9-12(16)13(14)15/h2-5,12-13H,6-9H2,1H3. The lowest BCUT2D eigenvalue weighted by Gasteiger charge is -2.34. The second-order valence-corrected chi connectivity index (χ2v) is 4.30. The fourth-order valence-electron chi connectivity index (χ4n) is 2.05. The molecule has 3 nitrogen and oxygen atoms in total. The Morgan fingerprint density at radius 2 is 2.11 bits per heavy atom. The van der Waals surface area contributed by atoms with Crippen molar-refractivity contribution in [2.45, 2.75) is 19.0 Å². The highest BCUT2D eigenvalue weighted by atomic mass is 19.3. The Bertz CT molecular complexity index is 370. The molecule has 100 valence electrons. The van der Waals surface area contributed by atoms with Gasteiger partial charge in [-0.25, -0.2) is 8.78 Å². The number of hydrogen-bond donors (Lipinski definition) is 0. The third-order valence-electron chi connectivity index (χ3n) is 3.12. The minimum Gasteiger partial charge on any atom is -0.497 e. The maximum absolute atomic E-state index is 12.9. The van der Waals surface area contributed by atoms with E-state index in [9.17, 15) is 8.78 Å². The van der Waals surface area contributed by atoms with Gasteiger partial charge in [-0.05, 0) is 17.7 Å². The molecule has 0 amide bonds. The number of halogens is 2. The molecular formula is C13H17F2NO2. The van der Waals surface area contributed by atoms with Gasteiger partial charge in [0.25, 0.3) is 6.43 Å². The predicted molar refractivity (Wildman–Crippen MR) is 64.0 cm³/mol. The number of benzene rings is 1. The summed E-state index contributed by atoms with van der Waals surface area (Å²) in [6, 6.07) is 6.68. The molecule has 5 heteroatoms. The first kappa shape index (κ1) is 13.2. The van der Waals surface area contributed by atoms with Gasteiger partial charge in [-0.15, -0.1) is 0 Å². The van der Waals surface area contributed by atoms with Crippen molar-refractivity contribution in [1.29, 1.82) is 0 Å². The van der Waals surface area contributed by atoms with Crippen LogP contribution in [0.15, 0.2) is 24.3 Å². The van der Waals surface area contributed by atoms with Crippen LogP contribution < -0.4 is 4.74 Å². The molecule has 1 aromatic rings. The lowest BCUT2D eigenvalue weighted by Crippen LogP contribution is -2.48. The van der Waals surface area contributed by atoms with Crippen LogP contribution >= 0.6 is 0 Å². The fraction of sp³-hybridized carbons (Fsp3) is 0.538. The molecule has 1 fully saturated rings. The molecule has 0 N–H and O–H groups in total. The SMILES string of the molecule is COc1ccc(CN2CCOCC2C(F)F)cc1. The van der Waals surface area contributed by atoms with Gasteiger partial charge in [-0.3, -0.25) is 4.90 Å². The van der Waals surface area contributed by atoms with Crippen molar-refractivity contribution in [1.82, 2.24) is 4.90 Å². The maximum Gasteiger partial charge on any atom is 0.256 e. The van der Waals surface area contributed by atoms with Crippen LogP contribution in [0.2, 0.25) is 0 Å². The van der Waals surface area contributed by atoms with Crippen molar-refractivity contribution < 1.29 is 18.3 Å². The lowest BCUT2D eigenvalue weighted by molar-refractivity contribution is -0.0743. The highest BCUT2D eigenvalue weighted by Crippen LogP contribution is 2.19. The smallest absolute Gasteiger partial charge is 0.256 e. The Hall–Kier alpha value is -1.20. The van der Waals surface area contributed by atoms with E-state index >= 15 is 0 Å². The summed E-state index contributed by atoms with van der Waals surface area (Å²) in [6.07, 6.45) is -2.37. The van der Waals surface area contributed by atoms with E-state index in [1.807, 2.05) is 24.3 Å². The van der Waals surface area contributed by atoms with E-state index in [1.165, 1.54) is 0 Å². The zero-order chi connectivity index (χ0) is 13.0. The summed E-state index contributed by atoms with van der Waals surface area (Å²) >= 11 is 0. The van der Waals surface area contributed by atoms with Crippen LogP contribution in [0.1, 0.15) is 5.56 Å². The molecule has 1 atom stereocenters. The van der Waals surface area contributed by atoms with E-state index in [0.717, 1.165) is 11.3 Å². The van der Waals surface area contributed by atoms with Crippen LogP contribution in [-0.4, -0.2) is 44.2 Å². The van der Waals surface area contributed by atoms with E-state index in [0.29, 0.717) is 19.7 Å². The summed E-state index contributed by atoms with van der Waals surface area (Å²) in [7, 11) is 1.60. The van der Waals surface area contributed by atoms with Gasteiger partial charge in [0.05, 0.1) is 26.4 Å². The van der Waals surface area contributed by atoms with Gasteiger partial charge in [0.2, 0.25) is 0 Å². The van der Waals surface area contributed by atoms with Crippen LogP contribution in [0, 0.1) is 0 Å². The molecule has 18 heavy (non-hydrogen) atoms. The predicted octanol–water partition coefficient (Wildman–Crippen LogP) is 2.16. The van der Waals surface area contributed by atoms with E-state index < -0.39 is 12.5 Å². The molecule has 0 saturated carbocycles. The molecule has 1 aliphatic heterocycles. The first-order valence-corrected chi connectivity index (χ1v) is 5.93. The summed E-state index contributed by atoms with van der Waals surface area (Å²) < 4.78 is 35.9. The third-order valence-corrected chi connectivity index (χ3v) is 3.12. The van der Waals surface area contributed by atoms with Gasteiger partial charge in [0.15, 0.2) is 0 Å². The average molecular weight is 257 g/mol. The Morgan fingerprint density at radius 1 is 1.39 bits per heavy atom. The van der Waals surface area contributed by atoms with Crippen molar-refractivity contribution in [2.24, 2.45) is 0 Å². The first-order valence-electron chi connectivity index (χ1n) is 5.93. The normalized spacial score (nSPS) is 21.2. The minimum absolute atomic E-state index is 0.105. The molecular weight excluding hydrogens is 240 g/mol. The van der Waals surface area contributed by atoms with Gasteiger partial charge >= 0.3 is 0 Å². The maximum atomic E-state index is 12.9. The molecule has 1 unspecified atom stereocenters. The van der Waals surface area contributed by atoms with Gasteiger partial charge < -0.3 is 9.47 Å². The molecule has 1 saturated heterocycles. The number of rotatable bonds is 4. The molecule has 0 spiro atoms. The summed E-state index contributed by atoms with van der Waals surface area (Å²) in [6.45, 7) is 1.68. The zero-order valence-electron chi connectivity index (χ0n) is 10.3. The molecule has 0 aliphatic carbocycles. The number of morpholine rings is 1. The first-order chi connectivity index (χ1) is 8.70. The summed E-state index contributed by atoms with van der Waals surface area (Å²) in [4.78, 5) is 1.77. The molecule has 2 rings (SSSR count). The number of ether oxygens (including phenoxy) is 2. The molecule has 1 aromatic carbocycles. The van der Waals surface area contributed by atoms with Gasteiger partial charge in [0, 0.05) is 13.1 Å². The van der Waals surface area contributed by atoms with Crippen molar-refractivity contribution >= 4 is 0 Å². The van der Waals surface area contributed by atoms with Crippen LogP contribution in [0.5, 0.6) is 5.75 Å². The number of nitrogens with zero attached hydrogens (tertiary/aromatic N) is 1. The highest BCUT2D eigenvalue weighted by molar-refractivity contribution is 5.27. The van der Waals surface area contributed by atoms with Crippen molar-refractivity contribution in [3.05, 3.63) is 29.8 Å². The summed E-state index contributed by atoms with van der Waals surface area (Å²) in [5.41, 5.74) is 1.00. The summed E-state index contributed by atoms with van der Waals surface area (Å²) in [5, 5.41) is 0. The van der Waals surface area contributed by atoms with E-state index in [4.69, 9.17) is 9.47 Å². The second kappa shape index (κ2) is 6.11. The topological polar surface area (TPSA) is 21.7 Å². The molecule has 1 heterocycles. The minimum atomic E-state index is -2.37. The van der Waals surface area contributed by atoms with Crippen molar-refractivity contribution in [3.63, 3.8) is 0 Å². The summed E-state index contributed by atoms with van der Waals surface area (Å²) in [5.74, 6) is 0.770. The van der Waals surface area contributed by atoms with Crippen molar-refractivity contribution in [3.8, 4) is 5.75 Å². The van der Waals surface area contributed by atoms with E-state index in [1.54, 1.807) is 12.0 Å². The number of methoxy groups -OCH3 is 1. The molecule has 0 aromatic heterocycles. The van der Waals surface area contributed by atoms with E-state index in [-0.39, 0.29) is 6.61 Å². The fourth-order valence-corrected chi connectivity index (χ4v) is 2.05. The average Bonchev–Trinajstić information content (AvgIpc) is 2.40.